The van der Waals surface area contributed by atoms with Gasteiger partial charge in [0, 0.05) is 25.0 Å². The second-order valence-corrected chi connectivity index (χ2v) is 3.92. The van der Waals surface area contributed by atoms with Gasteiger partial charge in [-0.25, -0.2) is 15.8 Å². The Morgan fingerprint density at radius 1 is 1.35 bits per heavy atom. The summed E-state index contributed by atoms with van der Waals surface area (Å²) < 4.78 is 2.15. The highest BCUT2D eigenvalue weighted by molar-refractivity contribution is 5.33. The normalized spacial score (nSPS) is 10.5. The number of hydrazine groups is 1. The van der Waals surface area contributed by atoms with Gasteiger partial charge < -0.3 is 9.99 Å². The SMILES string of the molecule is CCCc1nccn1Cc1ccc(NN)nc1. The lowest BCUT2D eigenvalue weighted by atomic mass is 10.2. The average Bonchev–Trinajstić information content (AvgIpc) is 2.78. The van der Waals surface area contributed by atoms with Gasteiger partial charge >= 0.3 is 0 Å². The van der Waals surface area contributed by atoms with Gasteiger partial charge in [0.25, 0.3) is 0 Å². The molecule has 2 aromatic rings. The molecular formula is C12H17N5. The number of aryl methyl sites for hydroxylation is 1. The van der Waals surface area contributed by atoms with E-state index < -0.39 is 0 Å². The van der Waals surface area contributed by atoms with Gasteiger partial charge in [-0.05, 0) is 18.1 Å². The first-order chi connectivity index (χ1) is 8.33. The summed E-state index contributed by atoms with van der Waals surface area (Å²) in [6.45, 7) is 2.95. The van der Waals surface area contributed by atoms with Crippen LogP contribution in [0.25, 0.3) is 0 Å². The van der Waals surface area contributed by atoms with Gasteiger partial charge in [-0.2, -0.15) is 0 Å². The molecule has 0 aliphatic rings. The molecule has 0 saturated carbocycles. The number of hydrogen-bond acceptors (Lipinski definition) is 4. The largest absolute Gasteiger partial charge is 0.330 e. The minimum atomic E-state index is 0.674. The lowest BCUT2D eigenvalue weighted by Crippen LogP contribution is -2.09. The van der Waals surface area contributed by atoms with E-state index in [0.29, 0.717) is 5.82 Å². The lowest BCUT2D eigenvalue weighted by molar-refractivity contribution is 0.703. The Hall–Kier alpha value is -1.88. The fourth-order valence-corrected chi connectivity index (χ4v) is 1.74. The Morgan fingerprint density at radius 2 is 2.24 bits per heavy atom. The van der Waals surface area contributed by atoms with E-state index in [1.165, 1.54) is 0 Å². The maximum absolute atomic E-state index is 5.27. The molecule has 5 nitrogen and oxygen atoms in total. The van der Waals surface area contributed by atoms with Gasteiger partial charge in [-0.1, -0.05) is 13.0 Å². The summed E-state index contributed by atoms with van der Waals surface area (Å²) in [5, 5.41) is 0. The molecule has 3 N–H and O–H groups in total. The van der Waals surface area contributed by atoms with E-state index in [2.05, 4.69) is 26.9 Å². The number of rotatable bonds is 5. The number of hydrogen-bond donors (Lipinski definition) is 2. The number of imidazole rings is 1. The maximum Gasteiger partial charge on any atom is 0.139 e. The minimum absolute atomic E-state index is 0.674. The van der Waals surface area contributed by atoms with Gasteiger partial charge in [0.15, 0.2) is 0 Å². The van der Waals surface area contributed by atoms with Crippen molar-refractivity contribution in [2.75, 3.05) is 5.43 Å². The molecule has 0 saturated heterocycles. The minimum Gasteiger partial charge on any atom is -0.330 e. The Balaban J connectivity index is 2.10. The van der Waals surface area contributed by atoms with Crippen LogP contribution >= 0.6 is 0 Å². The fraction of sp³-hybridized carbons (Fsp3) is 0.333. The summed E-state index contributed by atoms with van der Waals surface area (Å²) in [5.41, 5.74) is 3.65. The molecule has 0 spiro atoms. The Kier molecular flexibility index (Phi) is 3.72. The van der Waals surface area contributed by atoms with Gasteiger partial charge in [-0.15, -0.1) is 0 Å². The van der Waals surface area contributed by atoms with Crippen molar-refractivity contribution in [1.82, 2.24) is 14.5 Å². The van der Waals surface area contributed by atoms with Crippen LogP contribution in [0, 0.1) is 0 Å². The Bertz CT molecular complexity index is 460. The number of anilines is 1. The van der Waals surface area contributed by atoms with Gasteiger partial charge in [-0.3, -0.25) is 0 Å². The first-order valence-corrected chi connectivity index (χ1v) is 5.75. The first-order valence-electron chi connectivity index (χ1n) is 5.75. The van der Waals surface area contributed by atoms with E-state index in [-0.39, 0.29) is 0 Å². The van der Waals surface area contributed by atoms with Crippen LogP contribution in [0.3, 0.4) is 0 Å². The van der Waals surface area contributed by atoms with Crippen LogP contribution in [0.1, 0.15) is 24.7 Å². The molecule has 0 bridgehead atoms. The molecule has 0 unspecified atom stereocenters. The molecule has 0 fully saturated rings. The van der Waals surface area contributed by atoms with Crippen LogP contribution in [0.4, 0.5) is 5.82 Å². The van der Waals surface area contributed by atoms with Gasteiger partial charge in [0.2, 0.25) is 0 Å². The van der Waals surface area contributed by atoms with Crippen LogP contribution in [-0.4, -0.2) is 14.5 Å². The predicted octanol–water partition coefficient (Wildman–Crippen LogP) is 1.56. The molecule has 0 radical (unpaired) electrons. The zero-order valence-corrected chi connectivity index (χ0v) is 9.93. The highest BCUT2D eigenvalue weighted by Crippen LogP contribution is 2.08. The van der Waals surface area contributed by atoms with Crippen molar-refractivity contribution in [3.8, 4) is 0 Å². The van der Waals surface area contributed by atoms with E-state index in [0.717, 1.165) is 30.8 Å². The monoisotopic (exact) mass is 231 g/mol. The van der Waals surface area contributed by atoms with E-state index >= 15 is 0 Å². The van der Waals surface area contributed by atoms with E-state index in [1.807, 2.05) is 30.7 Å². The van der Waals surface area contributed by atoms with Gasteiger partial charge in [0.05, 0.1) is 6.54 Å². The third-order valence-corrected chi connectivity index (χ3v) is 2.60. The zero-order valence-electron chi connectivity index (χ0n) is 9.93. The van der Waals surface area contributed by atoms with Crippen molar-refractivity contribution < 1.29 is 0 Å². The smallest absolute Gasteiger partial charge is 0.139 e. The number of nitrogens with zero attached hydrogens (tertiary/aromatic N) is 3. The van der Waals surface area contributed by atoms with Crippen molar-refractivity contribution in [3.63, 3.8) is 0 Å². The second-order valence-electron chi connectivity index (χ2n) is 3.92. The maximum atomic E-state index is 5.27. The van der Waals surface area contributed by atoms with Crippen molar-refractivity contribution in [1.29, 1.82) is 0 Å². The van der Waals surface area contributed by atoms with Crippen LogP contribution in [0.15, 0.2) is 30.7 Å². The molecule has 2 rings (SSSR count). The number of nitrogen functional groups attached to an aromatic ring is 1. The van der Waals surface area contributed by atoms with E-state index in [4.69, 9.17) is 5.84 Å². The molecule has 0 amide bonds. The second kappa shape index (κ2) is 5.45. The predicted molar refractivity (Wildman–Crippen MR) is 67.4 cm³/mol. The molecule has 2 heterocycles. The molecule has 17 heavy (non-hydrogen) atoms. The van der Waals surface area contributed by atoms with Crippen LogP contribution < -0.4 is 11.3 Å². The van der Waals surface area contributed by atoms with Gasteiger partial charge in [0.1, 0.15) is 11.6 Å². The fourth-order valence-electron chi connectivity index (χ4n) is 1.74. The molecule has 90 valence electrons. The molecule has 5 heteroatoms. The van der Waals surface area contributed by atoms with Crippen LogP contribution in [0.2, 0.25) is 0 Å². The first kappa shape index (κ1) is 11.6. The molecule has 2 aromatic heterocycles. The topological polar surface area (TPSA) is 68.8 Å². The van der Waals surface area contributed by atoms with E-state index in [1.54, 1.807) is 0 Å². The molecule has 0 aromatic carbocycles. The highest BCUT2D eigenvalue weighted by Gasteiger charge is 2.02. The molecular weight excluding hydrogens is 214 g/mol. The number of nitrogens with two attached hydrogens (primary N) is 1. The third kappa shape index (κ3) is 2.82. The standard InChI is InChI=1S/C12H17N5/c1-2-3-12-14-6-7-17(12)9-10-4-5-11(16-13)15-8-10/h4-8H,2-3,9,13H2,1H3,(H,15,16). The van der Waals surface area contributed by atoms with Crippen LogP contribution in [0.5, 0.6) is 0 Å². The van der Waals surface area contributed by atoms with Crippen molar-refractivity contribution in [3.05, 3.63) is 42.1 Å². The third-order valence-electron chi connectivity index (χ3n) is 2.60. The summed E-state index contributed by atoms with van der Waals surface area (Å²) in [4.78, 5) is 8.53. The molecule has 0 aliphatic carbocycles. The summed E-state index contributed by atoms with van der Waals surface area (Å²) in [7, 11) is 0. The summed E-state index contributed by atoms with van der Waals surface area (Å²) in [6, 6.07) is 3.88. The summed E-state index contributed by atoms with van der Waals surface area (Å²) in [5.74, 6) is 7.07. The Morgan fingerprint density at radius 3 is 2.88 bits per heavy atom. The lowest BCUT2D eigenvalue weighted by Gasteiger charge is -2.07. The quantitative estimate of drug-likeness (QED) is 0.605. The number of nitrogens with one attached hydrogen (secondary N) is 1. The van der Waals surface area contributed by atoms with Crippen molar-refractivity contribution in [2.24, 2.45) is 5.84 Å². The summed E-state index contributed by atoms with van der Waals surface area (Å²) >= 11 is 0. The van der Waals surface area contributed by atoms with Crippen LogP contribution in [-0.2, 0) is 13.0 Å². The van der Waals surface area contributed by atoms with E-state index in [9.17, 15) is 0 Å². The molecule has 0 atom stereocenters. The number of pyridine rings is 1. The van der Waals surface area contributed by atoms with Crippen molar-refractivity contribution in [2.45, 2.75) is 26.3 Å². The highest BCUT2D eigenvalue weighted by atomic mass is 15.2. The Labute approximate surface area is 101 Å². The van der Waals surface area contributed by atoms with Crippen molar-refractivity contribution >= 4 is 5.82 Å². The zero-order chi connectivity index (χ0) is 12.1. The molecule has 0 aliphatic heterocycles. The summed E-state index contributed by atoms with van der Waals surface area (Å²) in [6.07, 6.45) is 7.77. The average molecular weight is 231 g/mol. The number of aromatic nitrogens is 3.